The van der Waals surface area contributed by atoms with Gasteiger partial charge < -0.3 is 19.9 Å². The van der Waals surface area contributed by atoms with Gasteiger partial charge in [0.05, 0.1) is 24.9 Å². The lowest BCUT2D eigenvalue weighted by molar-refractivity contribution is 0.104. The van der Waals surface area contributed by atoms with Crippen LogP contribution in [0.15, 0.2) is 36.4 Å². The van der Waals surface area contributed by atoms with Crippen LogP contribution < -0.4 is 5.32 Å². The monoisotopic (exact) mass is 409 g/mol. The zero-order valence-electron chi connectivity index (χ0n) is 17.0. The Morgan fingerprint density at radius 1 is 1.29 bits per heavy atom. The second-order valence-corrected chi connectivity index (χ2v) is 14.3. The van der Waals surface area contributed by atoms with Crippen molar-refractivity contribution in [2.45, 2.75) is 63.2 Å². The van der Waals surface area contributed by atoms with Crippen LogP contribution in [0.1, 0.15) is 24.8 Å². The van der Waals surface area contributed by atoms with E-state index < -0.39 is 25.8 Å². The quantitative estimate of drug-likeness (QED) is 0.344. The van der Waals surface area contributed by atoms with Gasteiger partial charge in [-0.15, -0.1) is 0 Å². The molecule has 0 aliphatic heterocycles. The van der Waals surface area contributed by atoms with Gasteiger partial charge in [-0.1, -0.05) is 43.9 Å². The summed E-state index contributed by atoms with van der Waals surface area (Å²) in [5.74, 6) is -0.264. The number of carbonyl (C=O) groups excluding carboxylic acids is 1. The van der Waals surface area contributed by atoms with Crippen LogP contribution in [0.5, 0.6) is 0 Å². The fraction of sp³-hybridized carbons (Fsp3) is 0.571. The normalized spacial score (nSPS) is 21.7. The van der Waals surface area contributed by atoms with E-state index in [1.165, 1.54) is 12.1 Å². The standard InChI is InChI=1S/C21H32FNO4Si/c1-28(2,3)14-13-27-20(25)23-21(11-9-19(24)15-21)10-4-12-26-16-17-5-7-18(22)8-6-17/h5-9,11,19,24H,4,10,12-16H2,1-3H3,(H,23,25)/t19-,21-/m1/s1. The topological polar surface area (TPSA) is 67.8 Å². The van der Waals surface area contributed by atoms with Gasteiger partial charge in [0.15, 0.2) is 0 Å². The third-order valence-electron chi connectivity index (χ3n) is 4.74. The van der Waals surface area contributed by atoms with E-state index in [1.54, 1.807) is 18.2 Å². The molecule has 156 valence electrons. The smallest absolute Gasteiger partial charge is 0.407 e. The molecule has 0 saturated carbocycles. The van der Waals surface area contributed by atoms with E-state index in [-0.39, 0.29) is 5.82 Å². The van der Waals surface area contributed by atoms with Crippen molar-refractivity contribution in [3.8, 4) is 0 Å². The van der Waals surface area contributed by atoms with E-state index in [1.807, 2.05) is 6.08 Å². The van der Waals surface area contributed by atoms with Gasteiger partial charge in [0.1, 0.15) is 5.82 Å². The number of nitrogens with one attached hydrogen (secondary N) is 1. The number of hydrogen-bond acceptors (Lipinski definition) is 4. The highest BCUT2D eigenvalue weighted by molar-refractivity contribution is 6.76. The lowest BCUT2D eigenvalue weighted by Gasteiger charge is -2.29. The van der Waals surface area contributed by atoms with Gasteiger partial charge >= 0.3 is 6.09 Å². The summed E-state index contributed by atoms with van der Waals surface area (Å²) in [4.78, 5) is 12.2. The molecule has 1 amide bonds. The van der Waals surface area contributed by atoms with E-state index in [0.29, 0.717) is 39.1 Å². The minimum absolute atomic E-state index is 0.264. The van der Waals surface area contributed by atoms with Crippen molar-refractivity contribution in [3.63, 3.8) is 0 Å². The van der Waals surface area contributed by atoms with Crippen molar-refractivity contribution in [3.05, 3.63) is 47.8 Å². The number of aliphatic hydroxyl groups excluding tert-OH is 1. The van der Waals surface area contributed by atoms with Crippen LogP contribution in [-0.4, -0.2) is 44.1 Å². The molecule has 2 rings (SSSR count). The molecule has 0 saturated heterocycles. The summed E-state index contributed by atoms with van der Waals surface area (Å²) in [6.07, 6.45) is 4.36. The predicted molar refractivity (Wildman–Crippen MR) is 110 cm³/mol. The fourth-order valence-electron chi connectivity index (χ4n) is 3.09. The van der Waals surface area contributed by atoms with Gasteiger partial charge in [0, 0.05) is 21.1 Å². The lowest BCUT2D eigenvalue weighted by Crippen LogP contribution is -2.47. The summed E-state index contributed by atoms with van der Waals surface area (Å²) in [6.45, 7) is 8.05. The van der Waals surface area contributed by atoms with Crippen molar-refractivity contribution in [2.75, 3.05) is 13.2 Å². The summed E-state index contributed by atoms with van der Waals surface area (Å²) in [5.41, 5.74) is 0.311. The largest absolute Gasteiger partial charge is 0.450 e. The second-order valence-electron chi connectivity index (χ2n) is 8.64. The first-order chi connectivity index (χ1) is 13.2. The Morgan fingerprint density at radius 2 is 2.00 bits per heavy atom. The number of carbonyl (C=O) groups is 1. The molecule has 0 spiro atoms. The summed E-state index contributed by atoms with van der Waals surface area (Å²) in [5, 5.41) is 12.8. The number of aliphatic hydroxyl groups is 1. The zero-order valence-corrected chi connectivity index (χ0v) is 18.0. The summed E-state index contributed by atoms with van der Waals surface area (Å²) in [7, 11) is -1.26. The molecular weight excluding hydrogens is 377 g/mol. The highest BCUT2D eigenvalue weighted by Crippen LogP contribution is 2.28. The zero-order chi connectivity index (χ0) is 20.6. The number of alkyl carbamates (subject to hydrolysis) is 1. The molecule has 28 heavy (non-hydrogen) atoms. The molecular formula is C21H32FNO4Si. The van der Waals surface area contributed by atoms with Crippen LogP contribution in [0.3, 0.4) is 0 Å². The van der Waals surface area contributed by atoms with Crippen molar-refractivity contribution < 1.29 is 23.8 Å². The van der Waals surface area contributed by atoms with E-state index in [9.17, 15) is 14.3 Å². The average molecular weight is 410 g/mol. The van der Waals surface area contributed by atoms with Crippen molar-refractivity contribution in [1.29, 1.82) is 0 Å². The molecule has 0 radical (unpaired) electrons. The van der Waals surface area contributed by atoms with Crippen LogP contribution in [-0.2, 0) is 16.1 Å². The van der Waals surface area contributed by atoms with Crippen LogP contribution in [0.2, 0.25) is 25.7 Å². The number of ether oxygens (including phenoxy) is 2. The minimum atomic E-state index is -1.26. The molecule has 1 aliphatic rings. The third kappa shape index (κ3) is 8.12. The summed E-state index contributed by atoms with van der Waals surface area (Å²) < 4.78 is 23.9. The average Bonchev–Trinajstić information content (AvgIpc) is 2.96. The predicted octanol–water partition coefficient (Wildman–Crippen LogP) is 4.25. The molecule has 0 unspecified atom stereocenters. The number of halogens is 1. The molecule has 2 atom stereocenters. The first kappa shape index (κ1) is 22.6. The van der Waals surface area contributed by atoms with Crippen molar-refractivity contribution in [2.24, 2.45) is 0 Å². The highest BCUT2D eigenvalue weighted by atomic mass is 28.3. The Morgan fingerprint density at radius 3 is 2.61 bits per heavy atom. The second kappa shape index (κ2) is 10.2. The van der Waals surface area contributed by atoms with Crippen LogP contribution >= 0.6 is 0 Å². The van der Waals surface area contributed by atoms with E-state index >= 15 is 0 Å². The molecule has 0 aromatic heterocycles. The number of amides is 1. The van der Waals surface area contributed by atoms with Gasteiger partial charge in [-0.3, -0.25) is 0 Å². The van der Waals surface area contributed by atoms with Crippen molar-refractivity contribution in [1.82, 2.24) is 5.32 Å². The molecule has 0 heterocycles. The van der Waals surface area contributed by atoms with E-state index in [2.05, 4.69) is 25.0 Å². The molecule has 2 N–H and O–H groups in total. The fourth-order valence-corrected chi connectivity index (χ4v) is 3.81. The molecule has 5 nitrogen and oxygen atoms in total. The number of rotatable bonds is 10. The SMILES string of the molecule is C[Si](C)(C)CCOC(=O)N[C@]1(CCCOCc2ccc(F)cc2)C=C[C@@H](O)C1. The van der Waals surface area contributed by atoms with Gasteiger partial charge in [-0.25, -0.2) is 9.18 Å². The molecule has 1 aliphatic carbocycles. The Balaban J connectivity index is 1.75. The van der Waals surface area contributed by atoms with E-state index in [0.717, 1.165) is 11.6 Å². The highest BCUT2D eigenvalue weighted by Gasteiger charge is 2.35. The number of benzene rings is 1. The maximum Gasteiger partial charge on any atom is 0.407 e. The molecule has 7 heteroatoms. The Kier molecular flexibility index (Phi) is 8.21. The van der Waals surface area contributed by atoms with Gasteiger partial charge in [0.2, 0.25) is 0 Å². The van der Waals surface area contributed by atoms with E-state index in [4.69, 9.17) is 9.47 Å². The van der Waals surface area contributed by atoms with Crippen molar-refractivity contribution >= 4 is 14.2 Å². The first-order valence-electron chi connectivity index (χ1n) is 9.82. The van der Waals surface area contributed by atoms with Gasteiger partial charge in [-0.05, 0) is 36.6 Å². The lowest BCUT2D eigenvalue weighted by atomic mass is 9.92. The Bertz CT molecular complexity index is 659. The molecule has 1 aromatic carbocycles. The van der Waals surface area contributed by atoms with Gasteiger partial charge in [0.25, 0.3) is 0 Å². The summed E-state index contributed by atoms with van der Waals surface area (Å²) >= 11 is 0. The molecule has 1 aromatic rings. The molecule has 0 fully saturated rings. The maximum atomic E-state index is 12.9. The third-order valence-corrected chi connectivity index (χ3v) is 6.44. The first-order valence-corrected chi connectivity index (χ1v) is 13.5. The Labute approximate surface area is 167 Å². The van der Waals surface area contributed by atoms with Crippen LogP contribution in [0, 0.1) is 5.82 Å². The maximum absolute atomic E-state index is 12.9. The Hall–Kier alpha value is -1.70. The molecule has 0 bridgehead atoms. The summed E-state index contributed by atoms with van der Waals surface area (Å²) in [6, 6.07) is 7.14. The van der Waals surface area contributed by atoms with Crippen LogP contribution in [0.4, 0.5) is 9.18 Å². The minimum Gasteiger partial charge on any atom is -0.450 e. The van der Waals surface area contributed by atoms with Gasteiger partial charge in [-0.2, -0.15) is 0 Å². The number of hydrogen-bond donors (Lipinski definition) is 2. The van der Waals surface area contributed by atoms with Crippen LogP contribution in [0.25, 0.3) is 0 Å².